The molecule has 0 spiro atoms. The molecule has 0 saturated carbocycles. The molecular formula is C11H12N2O2. The van der Waals surface area contributed by atoms with Crippen LogP contribution >= 0.6 is 0 Å². The lowest BCUT2D eigenvalue weighted by molar-refractivity contribution is -0.123. The van der Waals surface area contributed by atoms with Gasteiger partial charge in [-0.3, -0.25) is 4.79 Å². The number of hydrogen-bond donors (Lipinski definition) is 1. The minimum atomic E-state index is -0.165. The highest BCUT2D eigenvalue weighted by Gasteiger charge is 2.27. The highest BCUT2D eigenvalue weighted by atomic mass is 16.4. The molecule has 1 fully saturated rings. The summed E-state index contributed by atoms with van der Waals surface area (Å²) in [6.45, 7) is 1.21. The largest absolute Gasteiger partial charge is 0.410 e. The Morgan fingerprint density at radius 1 is 1.33 bits per heavy atom. The highest BCUT2D eigenvalue weighted by Crippen LogP contribution is 2.12. The van der Waals surface area contributed by atoms with Crippen LogP contribution in [-0.2, 0) is 11.3 Å². The van der Waals surface area contributed by atoms with E-state index in [9.17, 15) is 4.79 Å². The summed E-state index contributed by atoms with van der Waals surface area (Å²) in [5.74, 6) is -0.165. The van der Waals surface area contributed by atoms with Gasteiger partial charge in [-0.15, -0.1) is 0 Å². The van der Waals surface area contributed by atoms with Gasteiger partial charge in [0.15, 0.2) is 0 Å². The fourth-order valence-corrected chi connectivity index (χ4v) is 1.68. The average Bonchev–Trinajstić information content (AvgIpc) is 2.62. The molecule has 4 nitrogen and oxygen atoms in total. The number of benzene rings is 1. The van der Waals surface area contributed by atoms with Crippen molar-refractivity contribution in [2.75, 3.05) is 6.54 Å². The number of amides is 1. The van der Waals surface area contributed by atoms with Crippen molar-refractivity contribution < 1.29 is 10.0 Å². The van der Waals surface area contributed by atoms with E-state index in [4.69, 9.17) is 5.21 Å². The van der Waals surface area contributed by atoms with E-state index in [1.807, 2.05) is 30.3 Å². The standard InChI is InChI=1S/C11H12N2O2/c14-11-10(12-15)6-7-13(11)8-9-4-2-1-3-5-9/h1-5,15H,6-8H2. The molecule has 1 heterocycles. The topological polar surface area (TPSA) is 52.9 Å². The maximum absolute atomic E-state index is 11.6. The van der Waals surface area contributed by atoms with Crippen LogP contribution in [0.1, 0.15) is 12.0 Å². The van der Waals surface area contributed by atoms with Crippen molar-refractivity contribution >= 4 is 11.6 Å². The highest BCUT2D eigenvalue weighted by molar-refractivity contribution is 6.40. The minimum Gasteiger partial charge on any atom is -0.410 e. The number of oxime groups is 1. The molecule has 0 atom stereocenters. The maximum Gasteiger partial charge on any atom is 0.272 e. The minimum absolute atomic E-state index is 0.165. The van der Waals surface area contributed by atoms with Crippen molar-refractivity contribution in [3.05, 3.63) is 35.9 Å². The van der Waals surface area contributed by atoms with Crippen molar-refractivity contribution in [1.82, 2.24) is 4.90 Å². The first-order chi connectivity index (χ1) is 7.31. The van der Waals surface area contributed by atoms with Crippen LogP contribution in [0.5, 0.6) is 0 Å². The van der Waals surface area contributed by atoms with Gasteiger partial charge in [-0.25, -0.2) is 0 Å². The molecule has 4 heteroatoms. The van der Waals surface area contributed by atoms with Gasteiger partial charge >= 0.3 is 0 Å². The van der Waals surface area contributed by atoms with E-state index in [-0.39, 0.29) is 11.6 Å². The van der Waals surface area contributed by atoms with Gasteiger partial charge in [0.1, 0.15) is 5.71 Å². The first kappa shape index (κ1) is 9.71. The number of carbonyl (C=O) groups is 1. The monoisotopic (exact) mass is 204 g/mol. The molecule has 2 rings (SSSR count). The zero-order valence-electron chi connectivity index (χ0n) is 8.26. The smallest absolute Gasteiger partial charge is 0.272 e. The molecule has 0 aromatic heterocycles. The first-order valence-corrected chi connectivity index (χ1v) is 4.85. The molecule has 0 bridgehead atoms. The molecule has 0 aliphatic carbocycles. The zero-order chi connectivity index (χ0) is 10.7. The predicted octanol–water partition coefficient (Wildman–Crippen LogP) is 1.25. The van der Waals surface area contributed by atoms with E-state index >= 15 is 0 Å². The molecule has 0 unspecified atom stereocenters. The van der Waals surface area contributed by atoms with E-state index in [1.54, 1.807) is 4.90 Å². The summed E-state index contributed by atoms with van der Waals surface area (Å²) >= 11 is 0. The SMILES string of the molecule is O=C1C(=NO)CCN1Cc1ccccc1. The second-order valence-corrected chi connectivity index (χ2v) is 3.51. The Morgan fingerprint density at radius 2 is 2.07 bits per heavy atom. The number of carbonyl (C=O) groups excluding carboxylic acids is 1. The summed E-state index contributed by atoms with van der Waals surface area (Å²) in [5.41, 5.74) is 1.34. The van der Waals surface area contributed by atoms with Crippen LogP contribution in [0.15, 0.2) is 35.5 Å². The van der Waals surface area contributed by atoms with Gasteiger partial charge in [0.2, 0.25) is 0 Å². The molecule has 1 aliphatic heterocycles. The summed E-state index contributed by atoms with van der Waals surface area (Å²) in [5, 5.41) is 11.5. The predicted molar refractivity (Wildman–Crippen MR) is 55.7 cm³/mol. The van der Waals surface area contributed by atoms with Gasteiger partial charge in [-0.2, -0.15) is 0 Å². The molecule has 1 aromatic rings. The van der Waals surface area contributed by atoms with Crippen LogP contribution in [0.25, 0.3) is 0 Å². The second kappa shape index (κ2) is 4.13. The summed E-state index contributed by atoms with van der Waals surface area (Å²) in [6.07, 6.45) is 0.530. The van der Waals surface area contributed by atoms with Gasteiger partial charge in [0.05, 0.1) is 0 Å². The van der Waals surface area contributed by atoms with E-state index in [1.165, 1.54) is 0 Å². The molecule has 1 saturated heterocycles. The molecule has 78 valence electrons. The summed E-state index contributed by atoms with van der Waals surface area (Å²) in [6, 6.07) is 9.77. The van der Waals surface area contributed by atoms with Gasteiger partial charge in [-0.1, -0.05) is 35.5 Å². The summed E-state index contributed by atoms with van der Waals surface area (Å²) < 4.78 is 0. The molecule has 15 heavy (non-hydrogen) atoms. The van der Waals surface area contributed by atoms with E-state index in [0.717, 1.165) is 5.56 Å². The number of hydrogen-bond acceptors (Lipinski definition) is 3. The third kappa shape index (κ3) is 1.98. The molecular weight excluding hydrogens is 192 g/mol. The van der Waals surface area contributed by atoms with Gasteiger partial charge in [0, 0.05) is 19.5 Å². The Hall–Kier alpha value is -1.84. The number of rotatable bonds is 2. The van der Waals surface area contributed by atoms with Crippen molar-refractivity contribution in [2.45, 2.75) is 13.0 Å². The Balaban J connectivity index is 2.06. The Morgan fingerprint density at radius 3 is 2.67 bits per heavy atom. The fraction of sp³-hybridized carbons (Fsp3) is 0.273. The Labute approximate surface area is 87.8 Å². The maximum atomic E-state index is 11.6. The molecule has 1 N–H and O–H groups in total. The van der Waals surface area contributed by atoms with E-state index in [0.29, 0.717) is 19.5 Å². The lowest BCUT2D eigenvalue weighted by Gasteiger charge is -2.14. The first-order valence-electron chi connectivity index (χ1n) is 4.85. The van der Waals surface area contributed by atoms with Gasteiger partial charge in [0.25, 0.3) is 5.91 Å². The molecule has 0 radical (unpaired) electrons. The van der Waals surface area contributed by atoms with Crippen LogP contribution in [-0.4, -0.2) is 28.3 Å². The van der Waals surface area contributed by atoms with Crippen molar-refractivity contribution in [1.29, 1.82) is 0 Å². The fourth-order valence-electron chi connectivity index (χ4n) is 1.68. The van der Waals surface area contributed by atoms with E-state index in [2.05, 4.69) is 5.16 Å². The molecule has 1 aliphatic rings. The van der Waals surface area contributed by atoms with Crippen LogP contribution in [0, 0.1) is 0 Å². The lowest BCUT2D eigenvalue weighted by Crippen LogP contribution is -2.26. The third-order valence-electron chi connectivity index (χ3n) is 2.49. The average molecular weight is 204 g/mol. The van der Waals surface area contributed by atoms with Crippen LogP contribution in [0.3, 0.4) is 0 Å². The summed E-state index contributed by atoms with van der Waals surface area (Å²) in [7, 11) is 0. The quantitative estimate of drug-likeness (QED) is 0.582. The normalized spacial score (nSPS) is 18.8. The number of nitrogens with zero attached hydrogens (tertiary/aromatic N) is 2. The van der Waals surface area contributed by atoms with Crippen LogP contribution < -0.4 is 0 Å². The molecule has 1 aromatic carbocycles. The second-order valence-electron chi connectivity index (χ2n) is 3.51. The lowest BCUT2D eigenvalue weighted by atomic mass is 10.2. The Kier molecular flexibility index (Phi) is 2.67. The Bertz CT molecular complexity index is 387. The van der Waals surface area contributed by atoms with Crippen LogP contribution in [0.2, 0.25) is 0 Å². The van der Waals surface area contributed by atoms with E-state index < -0.39 is 0 Å². The van der Waals surface area contributed by atoms with Crippen molar-refractivity contribution in [3.8, 4) is 0 Å². The van der Waals surface area contributed by atoms with Crippen LogP contribution in [0.4, 0.5) is 0 Å². The summed E-state index contributed by atoms with van der Waals surface area (Å²) in [4.78, 5) is 13.3. The number of likely N-dealkylation sites (tertiary alicyclic amines) is 1. The third-order valence-corrected chi connectivity index (χ3v) is 2.49. The zero-order valence-corrected chi connectivity index (χ0v) is 8.26. The van der Waals surface area contributed by atoms with Crippen molar-refractivity contribution in [3.63, 3.8) is 0 Å². The molecule has 1 amide bonds. The van der Waals surface area contributed by atoms with Gasteiger partial charge < -0.3 is 10.1 Å². The van der Waals surface area contributed by atoms with Gasteiger partial charge in [-0.05, 0) is 5.56 Å². The van der Waals surface area contributed by atoms with Crippen molar-refractivity contribution in [2.24, 2.45) is 5.16 Å².